The van der Waals surface area contributed by atoms with E-state index in [9.17, 15) is 24.6 Å². The van der Waals surface area contributed by atoms with Crippen molar-refractivity contribution in [3.8, 4) is 0 Å². The molecule has 2 aliphatic heterocycles. The van der Waals surface area contributed by atoms with Crippen LogP contribution in [-0.2, 0) is 20.7 Å². The van der Waals surface area contributed by atoms with Crippen molar-refractivity contribution in [3.05, 3.63) is 106 Å². The van der Waals surface area contributed by atoms with Crippen molar-refractivity contribution in [1.29, 1.82) is 0 Å². The number of aliphatic hydroxyl groups is 2. The highest BCUT2D eigenvalue weighted by Crippen LogP contribution is 2.59. The van der Waals surface area contributed by atoms with Gasteiger partial charge < -0.3 is 30.7 Å². The molecule has 2 heterocycles. The van der Waals surface area contributed by atoms with Crippen LogP contribution in [0, 0.1) is 5.92 Å². The highest BCUT2D eigenvalue weighted by Gasteiger charge is 2.85. The molecular formula is C35H38N2O7. The molecule has 6 rings (SSSR count). The van der Waals surface area contributed by atoms with E-state index in [2.05, 4.69) is 5.32 Å². The predicted molar refractivity (Wildman–Crippen MR) is 162 cm³/mol. The van der Waals surface area contributed by atoms with Crippen molar-refractivity contribution in [2.45, 2.75) is 68.9 Å². The fourth-order valence-corrected chi connectivity index (χ4v) is 6.95. The number of Topliss-reactive ketones (excluding diaryl/α,β-unsaturated/α-hetero) is 2. The van der Waals surface area contributed by atoms with Gasteiger partial charge in [-0.05, 0) is 67.7 Å². The summed E-state index contributed by atoms with van der Waals surface area (Å²) in [5, 5.41) is 24.5. The number of nitrogens with two attached hydrogens (primary N) is 1. The first-order valence-electron chi connectivity index (χ1n) is 15.2. The first-order valence-corrected chi connectivity index (χ1v) is 15.2. The number of hydrogen-bond acceptors (Lipinski definition) is 9. The van der Waals surface area contributed by atoms with Gasteiger partial charge in [0.2, 0.25) is 5.78 Å². The molecule has 2 fully saturated rings. The summed E-state index contributed by atoms with van der Waals surface area (Å²) in [7, 11) is 0. The lowest BCUT2D eigenvalue weighted by molar-refractivity contribution is -0.158. The monoisotopic (exact) mass is 598 g/mol. The first-order chi connectivity index (χ1) is 21.2. The second-order valence-corrected chi connectivity index (χ2v) is 12.3. The summed E-state index contributed by atoms with van der Waals surface area (Å²) in [5.74, 6) is -1.63. The normalized spacial score (nSPS) is 29.5. The molecule has 0 unspecified atom stereocenters. The number of nitrogens with one attached hydrogen (secondary N) is 1. The molecule has 4 aliphatic rings. The van der Waals surface area contributed by atoms with E-state index in [-0.39, 0.29) is 30.1 Å². The Morgan fingerprint density at radius 1 is 1.07 bits per heavy atom. The number of hydrogen-bond donors (Lipinski definition) is 4. The van der Waals surface area contributed by atoms with E-state index in [1.54, 1.807) is 18.2 Å². The molecule has 1 saturated heterocycles. The topological polar surface area (TPSA) is 151 Å². The molecule has 9 heteroatoms. The van der Waals surface area contributed by atoms with Crippen LogP contribution in [0.1, 0.15) is 65.3 Å². The van der Waals surface area contributed by atoms with Gasteiger partial charge in [-0.25, -0.2) is 4.79 Å². The van der Waals surface area contributed by atoms with Crippen LogP contribution in [0.3, 0.4) is 0 Å². The molecule has 2 aliphatic carbocycles. The number of allylic oxidation sites excluding steroid dienone is 3. The largest absolute Gasteiger partial charge is 0.457 e. The van der Waals surface area contributed by atoms with Crippen LogP contribution in [0.25, 0.3) is 0 Å². The van der Waals surface area contributed by atoms with E-state index >= 15 is 0 Å². The van der Waals surface area contributed by atoms with Gasteiger partial charge >= 0.3 is 5.97 Å². The van der Waals surface area contributed by atoms with Crippen LogP contribution in [0.15, 0.2) is 89.3 Å². The van der Waals surface area contributed by atoms with E-state index < -0.39 is 40.9 Å². The van der Waals surface area contributed by atoms with E-state index in [1.165, 1.54) is 6.07 Å². The summed E-state index contributed by atoms with van der Waals surface area (Å²) < 4.78 is 11.9. The van der Waals surface area contributed by atoms with Gasteiger partial charge in [-0.15, -0.1) is 0 Å². The molecule has 0 radical (unpaired) electrons. The molecule has 230 valence electrons. The lowest BCUT2D eigenvalue weighted by Crippen LogP contribution is -2.52. The number of benzene rings is 2. The van der Waals surface area contributed by atoms with Crippen molar-refractivity contribution >= 4 is 17.5 Å². The Bertz CT molecular complexity index is 1580. The van der Waals surface area contributed by atoms with E-state index in [1.807, 2.05) is 49.4 Å². The van der Waals surface area contributed by atoms with Crippen LogP contribution in [0.4, 0.5) is 0 Å². The molecule has 5 atom stereocenters. The van der Waals surface area contributed by atoms with Crippen molar-refractivity contribution in [2.75, 3.05) is 13.2 Å². The highest BCUT2D eigenvalue weighted by molar-refractivity contribution is 6.33. The Labute approximate surface area is 256 Å². The maximum atomic E-state index is 14.0. The summed E-state index contributed by atoms with van der Waals surface area (Å²) in [6, 6.07) is 16.1. The van der Waals surface area contributed by atoms with Crippen LogP contribution >= 0.6 is 0 Å². The third kappa shape index (κ3) is 5.08. The van der Waals surface area contributed by atoms with Crippen LogP contribution in [0.5, 0.6) is 0 Å². The number of esters is 1. The summed E-state index contributed by atoms with van der Waals surface area (Å²) >= 11 is 0. The summed E-state index contributed by atoms with van der Waals surface area (Å²) in [6.07, 6.45) is 4.96. The summed E-state index contributed by atoms with van der Waals surface area (Å²) in [5.41, 5.74) is 5.65. The number of aliphatic hydroxyl groups excluding tert-OH is 2. The number of carbonyl (C=O) groups is 3. The quantitative estimate of drug-likeness (QED) is 0.140. The summed E-state index contributed by atoms with van der Waals surface area (Å²) in [6.45, 7) is 2.13. The Morgan fingerprint density at radius 2 is 1.77 bits per heavy atom. The van der Waals surface area contributed by atoms with Gasteiger partial charge in [-0.1, -0.05) is 66.2 Å². The average molecular weight is 599 g/mol. The van der Waals surface area contributed by atoms with Gasteiger partial charge in [-0.3, -0.25) is 9.59 Å². The number of ether oxygens (including phenoxy) is 2. The molecule has 2 aromatic carbocycles. The van der Waals surface area contributed by atoms with Crippen molar-refractivity contribution < 1.29 is 34.1 Å². The minimum Gasteiger partial charge on any atom is -0.457 e. The Balaban J connectivity index is 1.25. The average Bonchev–Trinajstić information content (AvgIpc) is 3.64. The minimum absolute atomic E-state index is 0.102. The Hall–Kier alpha value is -4.05. The van der Waals surface area contributed by atoms with Gasteiger partial charge in [0, 0.05) is 24.1 Å². The number of epoxide rings is 1. The van der Waals surface area contributed by atoms with Crippen LogP contribution in [0.2, 0.25) is 0 Å². The smallest absolute Gasteiger partial charge is 0.350 e. The minimum atomic E-state index is -2.18. The zero-order valence-corrected chi connectivity index (χ0v) is 24.8. The number of ketones is 2. The van der Waals surface area contributed by atoms with E-state index in [4.69, 9.17) is 15.2 Å². The molecule has 0 bridgehead atoms. The molecular weight excluding hydrogens is 560 g/mol. The molecule has 2 aromatic rings. The predicted octanol–water partition coefficient (Wildman–Crippen LogP) is 3.31. The fraction of sp³-hybridized carbons (Fsp3) is 0.400. The lowest BCUT2D eigenvalue weighted by Gasteiger charge is -2.27. The molecule has 0 aromatic heterocycles. The molecule has 1 saturated carbocycles. The van der Waals surface area contributed by atoms with Crippen LogP contribution < -0.4 is 11.1 Å². The first kappa shape index (κ1) is 30.0. The van der Waals surface area contributed by atoms with Gasteiger partial charge in [0.1, 0.15) is 6.10 Å². The van der Waals surface area contributed by atoms with E-state index in [0.29, 0.717) is 50.0 Å². The number of dihydropyridines is 1. The second kappa shape index (κ2) is 11.8. The fourth-order valence-electron chi connectivity index (χ4n) is 6.95. The zero-order valence-electron chi connectivity index (χ0n) is 24.8. The highest BCUT2D eigenvalue weighted by atomic mass is 16.7. The molecule has 9 nitrogen and oxygen atoms in total. The summed E-state index contributed by atoms with van der Waals surface area (Å²) in [4.78, 5) is 42.0. The van der Waals surface area contributed by atoms with Crippen molar-refractivity contribution in [3.63, 3.8) is 0 Å². The van der Waals surface area contributed by atoms with E-state index in [0.717, 1.165) is 16.7 Å². The molecule has 5 N–H and O–H groups in total. The molecule has 0 amide bonds. The molecule has 44 heavy (non-hydrogen) atoms. The van der Waals surface area contributed by atoms with Gasteiger partial charge in [0.25, 0.3) is 5.60 Å². The maximum absolute atomic E-state index is 14.0. The number of rotatable bonds is 10. The van der Waals surface area contributed by atoms with Gasteiger partial charge in [0.05, 0.1) is 18.5 Å². The number of fused-ring (bicyclic) bond motifs is 2. The van der Waals surface area contributed by atoms with Gasteiger partial charge in [-0.2, -0.15) is 0 Å². The second-order valence-electron chi connectivity index (χ2n) is 12.3. The zero-order chi connectivity index (χ0) is 31.1. The van der Waals surface area contributed by atoms with Crippen molar-refractivity contribution in [2.24, 2.45) is 11.7 Å². The number of carbonyl (C=O) groups excluding carboxylic acids is 3. The van der Waals surface area contributed by atoms with Crippen molar-refractivity contribution in [1.82, 2.24) is 5.32 Å². The standard InChI is InChI=1S/C35H38N2O7/c1-21(11-12-23-15-16-37-29(36)18-23)25(20-38)19-34-31(40)26-9-5-6-10-27(26)32(41)35(34,44-34)33(42)43-28-14-13-24(30(28)39)17-22-7-3-2-4-8-22/h2-10,15,18,24,28,30,37-39H,11-14,16-17,19-20,36H2,1H3/b25-21-/t24-,28-,30+,34+,35+/m1/s1. The van der Waals surface area contributed by atoms with Crippen LogP contribution in [-0.4, -0.2) is 64.3 Å². The Morgan fingerprint density at radius 3 is 2.48 bits per heavy atom. The SMILES string of the molecule is C/C(CCC1=CCNC(N)=C1)=C(/CO)C[C@@]12O[C@]1(C(=O)O[C@@H]1CC[C@H](Cc3ccccc3)[C@@H]1O)C(=O)c1ccccc1C2=O. The molecule has 0 spiro atoms. The third-order valence-electron chi connectivity index (χ3n) is 9.59. The Kier molecular flexibility index (Phi) is 8.04. The maximum Gasteiger partial charge on any atom is 0.350 e. The lowest BCUT2D eigenvalue weighted by atomic mass is 9.71. The van der Waals surface area contributed by atoms with Gasteiger partial charge in [0.15, 0.2) is 11.4 Å². The third-order valence-corrected chi connectivity index (χ3v) is 9.59.